The summed E-state index contributed by atoms with van der Waals surface area (Å²) in [7, 11) is 0. The van der Waals surface area contributed by atoms with Gasteiger partial charge in [0, 0.05) is 18.1 Å². The van der Waals surface area contributed by atoms with Crippen LogP contribution in [0.5, 0.6) is 0 Å². The maximum absolute atomic E-state index is 11.7. The highest BCUT2D eigenvalue weighted by atomic mass is 32.1. The lowest BCUT2D eigenvalue weighted by Gasteiger charge is -2.12. The first-order valence-electron chi connectivity index (χ1n) is 6.13. The molecular weight excluding hydrogens is 296 g/mol. The lowest BCUT2D eigenvalue weighted by atomic mass is 10.4. The van der Waals surface area contributed by atoms with Crippen molar-refractivity contribution in [3.05, 3.63) is 28.5 Å². The molecule has 112 valence electrons. The van der Waals surface area contributed by atoms with Gasteiger partial charge in [0.1, 0.15) is 5.01 Å². The fraction of sp³-hybridized carbons (Fsp3) is 0.364. The summed E-state index contributed by atoms with van der Waals surface area (Å²) >= 11 is 1.47. The first-order valence-corrected chi connectivity index (χ1v) is 7.01. The van der Waals surface area contributed by atoms with E-state index in [1.807, 2.05) is 12.3 Å². The Kier molecular flexibility index (Phi) is 4.82. The van der Waals surface area contributed by atoms with E-state index in [4.69, 9.17) is 5.11 Å². The van der Waals surface area contributed by atoms with Crippen LogP contribution in [-0.2, 0) is 6.54 Å². The van der Waals surface area contributed by atoms with E-state index in [0.29, 0.717) is 13.1 Å². The van der Waals surface area contributed by atoms with Gasteiger partial charge in [-0.15, -0.1) is 16.4 Å². The van der Waals surface area contributed by atoms with Crippen LogP contribution in [0.1, 0.15) is 28.5 Å². The molecular formula is C11H14N6O3S. The number of urea groups is 1. The van der Waals surface area contributed by atoms with Crippen LogP contribution in [-0.4, -0.2) is 43.6 Å². The second-order valence-electron chi connectivity index (χ2n) is 4.16. The van der Waals surface area contributed by atoms with Crippen LogP contribution in [0.2, 0.25) is 0 Å². The summed E-state index contributed by atoms with van der Waals surface area (Å²) in [5.41, 5.74) is -0.128. The third-order valence-corrected chi connectivity index (χ3v) is 3.51. The zero-order valence-corrected chi connectivity index (χ0v) is 12.0. The molecule has 0 bridgehead atoms. The number of amides is 2. The summed E-state index contributed by atoms with van der Waals surface area (Å²) < 4.78 is 1.36. The van der Waals surface area contributed by atoms with Crippen LogP contribution >= 0.6 is 11.3 Å². The smallest absolute Gasteiger partial charge is 0.358 e. The molecule has 1 atom stereocenters. The van der Waals surface area contributed by atoms with Crippen LogP contribution in [0.25, 0.3) is 0 Å². The first-order chi connectivity index (χ1) is 10.1. The number of rotatable bonds is 6. The summed E-state index contributed by atoms with van der Waals surface area (Å²) in [5, 5.41) is 23.9. The molecule has 2 amide bonds. The fourth-order valence-corrected chi connectivity index (χ4v) is 2.19. The molecule has 0 aliphatic heterocycles. The SMILES string of the molecule is CC(NC(=O)NCCn1cc(C(=O)O)nn1)c1nccs1. The van der Waals surface area contributed by atoms with Crippen molar-refractivity contribution in [2.75, 3.05) is 6.54 Å². The normalized spacial score (nSPS) is 11.9. The molecule has 0 fully saturated rings. The van der Waals surface area contributed by atoms with E-state index in [0.717, 1.165) is 5.01 Å². The van der Waals surface area contributed by atoms with Crippen molar-refractivity contribution < 1.29 is 14.7 Å². The van der Waals surface area contributed by atoms with Crippen LogP contribution < -0.4 is 10.6 Å². The molecule has 2 heterocycles. The summed E-state index contributed by atoms with van der Waals surface area (Å²) in [5.74, 6) is -1.13. The van der Waals surface area contributed by atoms with Gasteiger partial charge in [-0.25, -0.2) is 19.3 Å². The van der Waals surface area contributed by atoms with Crippen molar-refractivity contribution in [3.8, 4) is 0 Å². The van der Waals surface area contributed by atoms with E-state index in [9.17, 15) is 9.59 Å². The molecule has 0 aromatic carbocycles. The lowest BCUT2D eigenvalue weighted by molar-refractivity contribution is 0.0690. The molecule has 9 nitrogen and oxygen atoms in total. The van der Waals surface area contributed by atoms with Crippen LogP contribution in [0, 0.1) is 0 Å². The second kappa shape index (κ2) is 6.79. The molecule has 0 radical (unpaired) electrons. The molecule has 21 heavy (non-hydrogen) atoms. The third kappa shape index (κ3) is 4.24. The highest BCUT2D eigenvalue weighted by Gasteiger charge is 2.11. The predicted octanol–water partition coefficient (Wildman–Crippen LogP) is 0.493. The monoisotopic (exact) mass is 310 g/mol. The average Bonchev–Trinajstić information content (AvgIpc) is 3.10. The van der Waals surface area contributed by atoms with Crippen molar-refractivity contribution in [1.82, 2.24) is 30.6 Å². The molecule has 3 N–H and O–H groups in total. The van der Waals surface area contributed by atoms with E-state index in [1.165, 1.54) is 22.2 Å². The number of aromatic nitrogens is 4. The molecule has 0 saturated carbocycles. The van der Waals surface area contributed by atoms with Gasteiger partial charge >= 0.3 is 12.0 Å². The number of hydrogen-bond acceptors (Lipinski definition) is 6. The van der Waals surface area contributed by atoms with Crippen molar-refractivity contribution in [2.24, 2.45) is 0 Å². The maximum atomic E-state index is 11.7. The van der Waals surface area contributed by atoms with E-state index < -0.39 is 5.97 Å². The number of hydrogen-bond donors (Lipinski definition) is 3. The Balaban J connectivity index is 1.72. The molecule has 2 rings (SSSR count). The Bertz CT molecular complexity index is 611. The summed E-state index contributed by atoms with van der Waals surface area (Å²) in [4.78, 5) is 26.4. The molecule has 1 unspecified atom stereocenters. The summed E-state index contributed by atoms with van der Waals surface area (Å²) in [6.45, 7) is 2.48. The zero-order chi connectivity index (χ0) is 15.2. The largest absolute Gasteiger partial charge is 0.476 e. The van der Waals surface area contributed by atoms with Gasteiger partial charge in [-0.2, -0.15) is 0 Å². The molecule has 0 spiro atoms. The molecule has 0 saturated heterocycles. The lowest BCUT2D eigenvalue weighted by Crippen LogP contribution is -2.38. The third-order valence-electron chi connectivity index (χ3n) is 2.55. The zero-order valence-electron chi connectivity index (χ0n) is 11.2. The summed E-state index contributed by atoms with van der Waals surface area (Å²) in [6.07, 6.45) is 2.99. The topological polar surface area (TPSA) is 122 Å². The van der Waals surface area contributed by atoms with Crippen molar-refractivity contribution >= 4 is 23.3 Å². The predicted molar refractivity (Wildman–Crippen MR) is 74.0 cm³/mol. The van der Waals surface area contributed by atoms with Crippen molar-refractivity contribution in [1.29, 1.82) is 0 Å². The molecule has 2 aromatic heterocycles. The Morgan fingerprint density at radius 2 is 2.33 bits per heavy atom. The number of aromatic carboxylic acids is 1. The van der Waals surface area contributed by atoms with Gasteiger partial charge in [-0.05, 0) is 6.92 Å². The maximum Gasteiger partial charge on any atom is 0.358 e. The standard InChI is InChI=1S/C11H14N6O3S/c1-7(9-12-3-5-21-9)14-11(20)13-2-4-17-6-8(10(18)19)15-16-17/h3,5-7H,2,4H2,1H3,(H,18,19)(H2,13,14,20). The Hall–Kier alpha value is -2.49. The molecule has 0 aliphatic rings. The minimum atomic E-state index is -1.13. The average molecular weight is 310 g/mol. The minimum Gasteiger partial charge on any atom is -0.476 e. The van der Waals surface area contributed by atoms with Gasteiger partial charge in [0.15, 0.2) is 5.69 Å². The minimum absolute atomic E-state index is 0.128. The number of carbonyl (C=O) groups is 2. The Labute approximate surface area is 124 Å². The number of carbonyl (C=O) groups excluding carboxylic acids is 1. The quantitative estimate of drug-likeness (QED) is 0.714. The number of nitrogens with one attached hydrogen (secondary N) is 2. The molecule has 0 aliphatic carbocycles. The first kappa shape index (κ1) is 14.9. The van der Waals surface area contributed by atoms with Gasteiger partial charge in [0.05, 0.1) is 18.8 Å². The van der Waals surface area contributed by atoms with Gasteiger partial charge in [-0.3, -0.25) is 0 Å². The van der Waals surface area contributed by atoms with Gasteiger partial charge in [-0.1, -0.05) is 5.21 Å². The highest BCUT2D eigenvalue weighted by Crippen LogP contribution is 2.13. The number of thiazole rings is 1. The van der Waals surface area contributed by atoms with Crippen molar-refractivity contribution in [3.63, 3.8) is 0 Å². The van der Waals surface area contributed by atoms with Gasteiger partial charge in [0.25, 0.3) is 0 Å². The van der Waals surface area contributed by atoms with Crippen molar-refractivity contribution in [2.45, 2.75) is 19.5 Å². The Morgan fingerprint density at radius 1 is 1.52 bits per heavy atom. The molecule has 2 aromatic rings. The van der Waals surface area contributed by atoms with E-state index in [-0.39, 0.29) is 17.8 Å². The second-order valence-corrected chi connectivity index (χ2v) is 5.09. The number of carboxylic acids is 1. The van der Waals surface area contributed by atoms with E-state index in [1.54, 1.807) is 6.20 Å². The van der Waals surface area contributed by atoms with E-state index >= 15 is 0 Å². The van der Waals surface area contributed by atoms with Gasteiger partial charge in [0.2, 0.25) is 0 Å². The van der Waals surface area contributed by atoms with Crippen LogP contribution in [0.4, 0.5) is 4.79 Å². The number of nitrogens with zero attached hydrogens (tertiary/aromatic N) is 4. The van der Waals surface area contributed by atoms with Crippen LogP contribution in [0.3, 0.4) is 0 Å². The molecule has 10 heteroatoms. The summed E-state index contributed by atoms with van der Waals surface area (Å²) in [6, 6.07) is -0.494. The Morgan fingerprint density at radius 3 is 2.95 bits per heavy atom. The number of carboxylic acid groups (broad SMARTS) is 1. The van der Waals surface area contributed by atoms with Crippen LogP contribution in [0.15, 0.2) is 17.8 Å². The highest BCUT2D eigenvalue weighted by molar-refractivity contribution is 7.09. The van der Waals surface area contributed by atoms with E-state index in [2.05, 4.69) is 25.9 Å². The fourth-order valence-electron chi connectivity index (χ4n) is 1.55. The van der Waals surface area contributed by atoms with Gasteiger partial charge < -0.3 is 15.7 Å².